The van der Waals surface area contributed by atoms with Gasteiger partial charge in [0.1, 0.15) is 5.69 Å². The van der Waals surface area contributed by atoms with E-state index in [9.17, 15) is 13.2 Å². The maximum atomic E-state index is 13.2. The molecule has 0 saturated heterocycles. The van der Waals surface area contributed by atoms with Crippen LogP contribution in [0.15, 0.2) is 0 Å². The fourth-order valence-corrected chi connectivity index (χ4v) is 1.01. The third-order valence-electron chi connectivity index (χ3n) is 1.68. The van der Waals surface area contributed by atoms with E-state index < -0.39 is 34.6 Å². The number of halogens is 3. The van der Waals surface area contributed by atoms with Crippen LogP contribution in [0.3, 0.4) is 0 Å². The molecule has 0 heterocycles. The second-order valence-corrected chi connectivity index (χ2v) is 2.42. The van der Waals surface area contributed by atoms with Gasteiger partial charge in [0, 0.05) is 0 Å². The minimum atomic E-state index is -1.47. The number of hydrogen-bond acceptors (Lipinski definition) is 3. The second-order valence-electron chi connectivity index (χ2n) is 2.42. The van der Waals surface area contributed by atoms with Crippen LogP contribution in [0.2, 0.25) is 0 Å². The van der Waals surface area contributed by atoms with E-state index in [1.165, 1.54) is 0 Å². The fourth-order valence-electron chi connectivity index (χ4n) is 1.01. The topological polar surface area (TPSA) is 44.5 Å². The molecular weight excluding hydrogens is 199 g/mol. The number of methoxy groups -OCH3 is 2. The van der Waals surface area contributed by atoms with Gasteiger partial charge in [-0.1, -0.05) is 0 Å². The van der Waals surface area contributed by atoms with Gasteiger partial charge in [-0.2, -0.15) is 8.78 Å². The van der Waals surface area contributed by atoms with Crippen LogP contribution in [0.4, 0.5) is 18.9 Å². The first-order chi connectivity index (χ1) is 6.54. The lowest BCUT2D eigenvalue weighted by molar-refractivity contribution is 0.323. The lowest BCUT2D eigenvalue weighted by Gasteiger charge is -2.11. The molecule has 0 amide bonds. The fraction of sp³-hybridized carbons (Fsp3) is 0.250. The Bertz CT molecular complexity index is 337. The molecule has 1 aromatic carbocycles. The summed E-state index contributed by atoms with van der Waals surface area (Å²) < 4.78 is 48.0. The van der Waals surface area contributed by atoms with Crippen LogP contribution in [0.5, 0.6) is 11.5 Å². The van der Waals surface area contributed by atoms with Gasteiger partial charge in [0.25, 0.3) is 0 Å². The number of nitrogens with two attached hydrogens (primary N) is 1. The highest BCUT2D eigenvalue weighted by molar-refractivity contribution is 5.58. The molecule has 0 bridgehead atoms. The van der Waals surface area contributed by atoms with E-state index >= 15 is 0 Å². The van der Waals surface area contributed by atoms with E-state index in [2.05, 4.69) is 9.47 Å². The standard InChI is InChI=1S/C8H8F3NO2/c1-13-7-4(10)3(9)6(12)8(14-2)5(7)11/h12H2,1-2H3. The summed E-state index contributed by atoms with van der Waals surface area (Å²) in [5.41, 5.74) is 4.36. The van der Waals surface area contributed by atoms with Gasteiger partial charge in [-0.3, -0.25) is 0 Å². The maximum absolute atomic E-state index is 13.2. The maximum Gasteiger partial charge on any atom is 0.212 e. The quantitative estimate of drug-likeness (QED) is 0.593. The van der Waals surface area contributed by atoms with E-state index in [0.717, 1.165) is 14.2 Å². The normalized spacial score (nSPS) is 10.1. The molecule has 0 aliphatic rings. The van der Waals surface area contributed by atoms with Crippen molar-refractivity contribution in [3.8, 4) is 11.5 Å². The third-order valence-corrected chi connectivity index (χ3v) is 1.68. The number of nitrogen functional groups attached to an aromatic ring is 1. The monoisotopic (exact) mass is 207 g/mol. The van der Waals surface area contributed by atoms with E-state index in [0.29, 0.717) is 0 Å². The number of hydrogen-bond donors (Lipinski definition) is 1. The molecule has 0 fully saturated rings. The van der Waals surface area contributed by atoms with Crippen molar-refractivity contribution in [1.29, 1.82) is 0 Å². The Balaban J connectivity index is 3.56. The summed E-state index contributed by atoms with van der Waals surface area (Å²) >= 11 is 0. The van der Waals surface area contributed by atoms with Crippen LogP contribution >= 0.6 is 0 Å². The first-order valence-electron chi connectivity index (χ1n) is 3.58. The van der Waals surface area contributed by atoms with Crippen LogP contribution < -0.4 is 15.2 Å². The van der Waals surface area contributed by atoms with Crippen LogP contribution in [0.1, 0.15) is 0 Å². The van der Waals surface area contributed by atoms with Crippen molar-refractivity contribution in [3.05, 3.63) is 17.5 Å². The van der Waals surface area contributed by atoms with Crippen LogP contribution in [0.25, 0.3) is 0 Å². The molecular formula is C8H8F3NO2. The number of benzene rings is 1. The molecule has 78 valence electrons. The summed E-state index contributed by atoms with van der Waals surface area (Å²) in [5, 5.41) is 0. The van der Waals surface area contributed by atoms with E-state index in [1.54, 1.807) is 0 Å². The Hall–Kier alpha value is -1.59. The van der Waals surface area contributed by atoms with Gasteiger partial charge in [0.05, 0.1) is 14.2 Å². The van der Waals surface area contributed by atoms with Crippen molar-refractivity contribution in [2.75, 3.05) is 20.0 Å². The largest absolute Gasteiger partial charge is 0.491 e. The molecule has 0 radical (unpaired) electrons. The average Bonchev–Trinajstić information content (AvgIpc) is 2.16. The minimum Gasteiger partial charge on any atom is -0.491 e. The predicted molar refractivity (Wildman–Crippen MR) is 43.8 cm³/mol. The molecule has 1 aromatic rings. The van der Waals surface area contributed by atoms with Gasteiger partial charge in [0.15, 0.2) is 17.3 Å². The van der Waals surface area contributed by atoms with Crippen LogP contribution in [-0.2, 0) is 0 Å². The molecule has 6 heteroatoms. The van der Waals surface area contributed by atoms with Gasteiger partial charge < -0.3 is 15.2 Å². The summed E-state index contributed by atoms with van der Waals surface area (Å²) in [6.07, 6.45) is 0. The smallest absolute Gasteiger partial charge is 0.212 e. The van der Waals surface area contributed by atoms with Crippen molar-refractivity contribution >= 4 is 5.69 Å². The first-order valence-corrected chi connectivity index (χ1v) is 3.58. The highest BCUT2D eigenvalue weighted by atomic mass is 19.2. The first kappa shape index (κ1) is 10.5. The Kier molecular flexibility index (Phi) is 2.73. The van der Waals surface area contributed by atoms with Crippen molar-refractivity contribution in [2.45, 2.75) is 0 Å². The van der Waals surface area contributed by atoms with Crippen molar-refractivity contribution < 1.29 is 22.6 Å². The number of ether oxygens (including phenoxy) is 2. The summed E-state index contributed by atoms with van der Waals surface area (Å²) in [5.74, 6) is -5.44. The van der Waals surface area contributed by atoms with Crippen LogP contribution in [0, 0.1) is 17.5 Å². The van der Waals surface area contributed by atoms with Crippen molar-refractivity contribution in [2.24, 2.45) is 0 Å². The predicted octanol–water partition coefficient (Wildman–Crippen LogP) is 1.70. The highest BCUT2D eigenvalue weighted by Gasteiger charge is 2.24. The van der Waals surface area contributed by atoms with Gasteiger partial charge in [0.2, 0.25) is 11.6 Å². The van der Waals surface area contributed by atoms with Crippen LogP contribution in [-0.4, -0.2) is 14.2 Å². The Labute approximate surface area is 78.2 Å². The molecule has 0 aromatic heterocycles. The SMILES string of the molecule is COc1c(N)c(F)c(F)c(OC)c1F. The van der Waals surface area contributed by atoms with E-state index in [1.807, 2.05) is 0 Å². The zero-order valence-corrected chi connectivity index (χ0v) is 7.53. The lowest BCUT2D eigenvalue weighted by atomic mass is 10.2. The van der Waals surface area contributed by atoms with Gasteiger partial charge in [-0.15, -0.1) is 0 Å². The zero-order chi connectivity index (χ0) is 10.9. The molecule has 0 atom stereocenters. The lowest BCUT2D eigenvalue weighted by Crippen LogP contribution is -2.05. The zero-order valence-electron chi connectivity index (χ0n) is 7.53. The Morgan fingerprint density at radius 2 is 1.36 bits per heavy atom. The minimum absolute atomic E-state index is 0.569. The van der Waals surface area contributed by atoms with Gasteiger partial charge in [-0.25, -0.2) is 4.39 Å². The summed E-state index contributed by atoms with van der Waals surface area (Å²) in [6, 6.07) is 0. The summed E-state index contributed by atoms with van der Waals surface area (Å²) in [4.78, 5) is 0. The number of anilines is 1. The third kappa shape index (κ3) is 1.32. The van der Waals surface area contributed by atoms with Crippen molar-refractivity contribution in [1.82, 2.24) is 0 Å². The molecule has 0 saturated carbocycles. The molecule has 0 spiro atoms. The van der Waals surface area contributed by atoms with Gasteiger partial charge >= 0.3 is 0 Å². The molecule has 0 unspecified atom stereocenters. The number of rotatable bonds is 2. The Morgan fingerprint density at radius 1 is 0.857 bits per heavy atom. The molecule has 3 nitrogen and oxygen atoms in total. The molecule has 1 rings (SSSR count). The van der Waals surface area contributed by atoms with E-state index in [-0.39, 0.29) is 0 Å². The van der Waals surface area contributed by atoms with E-state index in [4.69, 9.17) is 5.73 Å². The van der Waals surface area contributed by atoms with Gasteiger partial charge in [-0.05, 0) is 0 Å². The Morgan fingerprint density at radius 3 is 1.79 bits per heavy atom. The summed E-state index contributed by atoms with van der Waals surface area (Å²) in [6.45, 7) is 0. The second kappa shape index (κ2) is 3.65. The average molecular weight is 207 g/mol. The molecule has 0 aliphatic heterocycles. The molecule has 0 aliphatic carbocycles. The van der Waals surface area contributed by atoms with Crippen molar-refractivity contribution in [3.63, 3.8) is 0 Å². The molecule has 14 heavy (non-hydrogen) atoms. The summed E-state index contributed by atoms with van der Waals surface area (Å²) in [7, 11) is 2.10. The highest BCUT2D eigenvalue weighted by Crippen LogP contribution is 2.37. The molecule has 2 N–H and O–H groups in total.